The molecule has 56 heavy (non-hydrogen) atoms. The molecule has 0 bridgehead atoms. The Morgan fingerprint density at radius 2 is 0.964 bits per heavy atom. The molecule has 0 aliphatic heterocycles. The van der Waals surface area contributed by atoms with Gasteiger partial charge in [-0.25, -0.2) is 0 Å². The van der Waals surface area contributed by atoms with E-state index in [1.165, 1.54) is 48.9 Å². The van der Waals surface area contributed by atoms with Crippen LogP contribution in [0.15, 0.2) is 205 Å². The maximum absolute atomic E-state index is 6.70. The monoisotopic (exact) mass is 715 g/mol. The number of benzene rings is 9. The zero-order valence-electron chi connectivity index (χ0n) is 30.3. The first-order chi connectivity index (χ1) is 27.8. The maximum Gasteiger partial charge on any atom is 0.159 e. The minimum absolute atomic E-state index is 0.860. The summed E-state index contributed by atoms with van der Waals surface area (Å²) >= 11 is 0. The molecule has 0 unspecified atom stereocenters. The van der Waals surface area contributed by atoms with Gasteiger partial charge in [0.25, 0.3) is 0 Å². The van der Waals surface area contributed by atoms with Crippen molar-refractivity contribution in [3.8, 4) is 11.4 Å². The number of hydrogen-bond donors (Lipinski definition) is 0. The Morgan fingerprint density at radius 3 is 1.79 bits per heavy atom. The molecule has 12 rings (SSSR count). The highest BCUT2D eigenvalue weighted by atomic mass is 16.3. The molecule has 0 aliphatic carbocycles. The van der Waals surface area contributed by atoms with Crippen LogP contribution in [0.1, 0.15) is 0 Å². The van der Waals surface area contributed by atoms with Crippen molar-refractivity contribution in [2.45, 2.75) is 0 Å². The van der Waals surface area contributed by atoms with Crippen molar-refractivity contribution in [3.63, 3.8) is 0 Å². The second kappa shape index (κ2) is 12.0. The van der Waals surface area contributed by atoms with Gasteiger partial charge in [0.1, 0.15) is 5.58 Å². The molecule has 3 aromatic heterocycles. The van der Waals surface area contributed by atoms with Gasteiger partial charge >= 0.3 is 0 Å². The first kappa shape index (κ1) is 30.9. The number of nitrogens with zero attached hydrogens (tertiary/aromatic N) is 3. The molecule has 4 nitrogen and oxygen atoms in total. The molecule has 0 N–H and O–H groups in total. The standard InChI is InChI=1S/C52H33N3O/c1-2-14-35(15-3-1)54-46-21-9-7-18-41(46)45-33-38(30-32-48(45)54)53(49-23-12-20-44-42-19-8-11-24-50(42)56-52(44)49)36-26-28-37(29-27-36)55-47-22-10-6-17-40(47)43-31-25-34-13-4-5-16-39(34)51(43)55/h1-33H. The Bertz CT molecular complexity index is 3480. The minimum atomic E-state index is 0.860. The van der Waals surface area contributed by atoms with Gasteiger partial charge < -0.3 is 18.5 Å². The van der Waals surface area contributed by atoms with Crippen LogP contribution in [-0.2, 0) is 0 Å². The normalized spacial score (nSPS) is 11.9. The van der Waals surface area contributed by atoms with Crippen LogP contribution in [0.5, 0.6) is 0 Å². The van der Waals surface area contributed by atoms with Gasteiger partial charge in [-0.05, 0) is 84.2 Å². The predicted molar refractivity (Wildman–Crippen MR) is 235 cm³/mol. The van der Waals surface area contributed by atoms with Crippen LogP contribution in [0.3, 0.4) is 0 Å². The largest absolute Gasteiger partial charge is 0.454 e. The van der Waals surface area contributed by atoms with E-state index in [1.54, 1.807) is 0 Å². The van der Waals surface area contributed by atoms with Crippen molar-refractivity contribution in [3.05, 3.63) is 200 Å². The highest BCUT2D eigenvalue weighted by Crippen LogP contribution is 2.45. The molecule has 0 saturated heterocycles. The van der Waals surface area contributed by atoms with Crippen LogP contribution in [0.4, 0.5) is 17.1 Å². The molecule has 0 fully saturated rings. The first-order valence-electron chi connectivity index (χ1n) is 19.1. The summed E-state index contributed by atoms with van der Waals surface area (Å²) in [5.41, 5.74) is 11.8. The highest BCUT2D eigenvalue weighted by Gasteiger charge is 2.22. The van der Waals surface area contributed by atoms with Crippen molar-refractivity contribution in [2.75, 3.05) is 4.90 Å². The van der Waals surface area contributed by atoms with Crippen LogP contribution >= 0.6 is 0 Å². The average Bonchev–Trinajstić information content (AvgIpc) is 3.93. The lowest BCUT2D eigenvalue weighted by Crippen LogP contribution is -2.10. The summed E-state index contributed by atoms with van der Waals surface area (Å²) in [5.74, 6) is 0. The van der Waals surface area contributed by atoms with Gasteiger partial charge in [0.05, 0.1) is 27.8 Å². The predicted octanol–water partition coefficient (Wildman–Crippen LogP) is 14.4. The van der Waals surface area contributed by atoms with Crippen molar-refractivity contribution in [1.29, 1.82) is 0 Å². The molecule has 0 amide bonds. The molecular formula is C52H33N3O. The second-order valence-corrected chi connectivity index (χ2v) is 14.5. The lowest BCUT2D eigenvalue weighted by molar-refractivity contribution is 0.669. The molecule has 0 radical (unpaired) electrons. The van der Waals surface area contributed by atoms with E-state index in [2.05, 4.69) is 208 Å². The lowest BCUT2D eigenvalue weighted by Gasteiger charge is -2.26. The molecule has 262 valence electrons. The van der Waals surface area contributed by atoms with Crippen molar-refractivity contribution in [2.24, 2.45) is 0 Å². The molecule has 0 saturated carbocycles. The van der Waals surface area contributed by atoms with Crippen LogP contribution in [-0.4, -0.2) is 9.13 Å². The fraction of sp³-hybridized carbons (Fsp3) is 0. The Kier molecular flexibility index (Phi) is 6.60. The SMILES string of the molecule is c1ccc(-n2c3ccccc3c3cc(N(c4ccc(-n5c6ccccc6c6ccc7ccccc7c65)cc4)c4cccc5c4oc4ccccc45)ccc32)cc1. The van der Waals surface area contributed by atoms with Crippen LogP contribution in [0, 0.1) is 0 Å². The fourth-order valence-electron chi connectivity index (χ4n) is 9.04. The number of para-hydroxylation sites is 5. The van der Waals surface area contributed by atoms with Crippen LogP contribution < -0.4 is 4.90 Å². The van der Waals surface area contributed by atoms with Gasteiger partial charge in [0.2, 0.25) is 0 Å². The number of rotatable bonds is 5. The number of aromatic nitrogens is 2. The zero-order chi connectivity index (χ0) is 36.7. The number of furan rings is 1. The van der Waals surface area contributed by atoms with Crippen molar-refractivity contribution < 1.29 is 4.42 Å². The third kappa shape index (κ3) is 4.47. The summed E-state index contributed by atoms with van der Waals surface area (Å²) < 4.78 is 11.5. The van der Waals surface area contributed by atoms with Crippen molar-refractivity contribution >= 4 is 93.4 Å². The van der Waals surface area contributed by atoms with E-state index < -0.39 is 0 Å². The Balaban J connectivity index is 1.10. The summed E-state index contributed by atoms with van der Waals surface area (Å²) in [6, 6.07) is 71.9. The molecule has 0 aliphatic rings. The molecule has 12 aromatic rings. The van der Waals surface area contributed by atoms with Crippen LogP contribution in [0.2, 0.25) is 0 Å². The van der Waals surface area contributed by atoms with Gasteiger partial charge in [-0.3, -0.25) is 0 Å². The van der Waals surface area contributed by atoms with E-state index >= 15 is 0 Å². The Labute approximate surface area is 322 Å². The zero-order valence-corrected chi connectivity index (χ0v) is 30.3. The quantitative estimate of drug-likeness (QED) is 0.177. The summed E-state index contributed by atoms with van der Waals surface area (Å²) in [7, 11) is 0. The molecule has 9 aromatic carbocycles. The Morgan fingerprint density at radius 1 is 0.357 bits per heavy atom. The third-order valence-electron chi connectivity index (χ3n) is 11.5. The smallest absolute Gasteiger partial charge is 0.159 e. The van der Waals surface area contributed by atoms with Crippen molar-refractivity contribution in [1.82, 2.24) is 9.13 Å². The van der Waals surface area contributed by atoms with E-state index in [1.807, 2.05) is 6.07 Å². The molecule has 3 heterocycles. The third-order valence-corrected chi connectivity index (χ3v) is 11.5. The van der Waals surface area contributed by atoms with Gasteiger partial charge in [0.15, 0.2) is 5.58 Å². The van der Waals surface area contributed by atoms with E-state index in [0.29, 0.717) is 0 Å². The summed E-state index contributed by atoms with van der Waals surface area (Å²) in [4.78, 5) is 2.35. The minimum Gasteiger partial charge on any atom is -0.454 e. The second-order valence-electron chi connectivity index (χ2n) is 14.5. The summed E-state index contributed by atoms with van der Waals surface area (Å²) in [5, 5.41) is 9.59. The van der Waals surface area contributed by atoms with Gasteiger partial charge in [-0.15, -0.1) is 0 Å². The summed E-state index contributed by atoms with van der Waals surface area (Å²) in [6.07, 6.45) is 0. The molecular weight excluding hydrogens is 683 g/mol. The van der Waals surface area contributed by atoms with Gasteiger partial charge in [-0.1, -0.05) is 121 Å². The fourth-order valence-corrected chi connectivity index (χ4v) is 9.04. The first-order valence-corrected chi connectivity index (χ1v) is 19.1. The van der Waals surface area contributed by atoms with E-state index in [4.69, 9.17) is 4.42 Å². The molecule has 0 atom stereocenters. The van der Waals surface area contributed by atoms with Crippen LogP contribution in [0.25, 0.3) is 87.7 Å². The highest BCUT2D eigenvalue weighted by molar-refractivity contribution is 6.19. The summed E-state index contributed by atoms with van der Waals surface area (Å²) in [6.45, 7) is 0. The van der Waals surface area contributed by atoms with Gasteiger partial charge in [0, 0.05) is 60.5 Å². The number of hydrogen-bond acceptors (Lipinski definition) is 2. The molecule has 4 heteroatoms. The lowest BCUT2D eigenvalue weighted by atomic mass is 10.1. The van der Waals surface area contributed by atoms with E-state index in [-0.39, 0.29) is 0 Å². The number of anilines is 3. The number of fused-ring (bicyclic) bond motifs is 11. The average molecular weight is 716 g/mol. The topological polar surface area (TPSA) is 26.2 Å². The van der Waals surface area contributed by atoms with E-state index in [0.717, 1.165) is 55.9 Å². The molecule has 0 spiro atoms. The maximum atomic E-state index is 6.70. The Hall–Kier alpha value is -7.56. The van der Waals surface area contributed by atoms with Gasteiger partial charge in [-0.2, -0.15) is 0 Å². The van der Waals surface area contributed by atoms with E-state index in [9.17, 15) is 0 Å².